The Bertz CT molecular complexity index is 708. The molecule has 102 valence electrons. The molecular formula is C17H16O3. The average Bonchev–Trinajstić information content (AvgIpc) is 2.92. The molecule has 3 nitrogen and oxygen atoms in total. The van der Waals surface area contributed by atoms with Gasteiger partial charge >= 0.3 is 0 Å². The molecule has 0 spiro atoms. The van der Waals surface area contributed by atoms with Crippen LogP contribution in [0.1, 0.15) is 18.2 Å². The van der Waals surface area contributed by atoms with E-state index in [1.54, 1.807) is 14.0 Å². The molecule has 0 aliphatic heterocycles. The summed E-state index contributed by atoms with van der Waals surface area (Å²) in [5, 5.41) is 11.9. The van der Waals surface area contributed by atoms with Gasteiger partial charge in [-0.3, -0.25) is 0 Å². The highest BCUT2D eigenvalue weighted by Crippen LogP contribution is 2.37. The molecule has 0 saturated carbocycles. The minimum absolute atomic E-state index is 0.503. The van der Waals surface area contributed by atoms with Gasteiger partial charge in [0.2, 0.25) is 0 Å². The van der Waals surface area contributed by atoms with Gasteiger partial charge in [-0.1, -0.05) is 36.4 Å². The minimum atomic E-state index is -1.24. The first kappa shape index (κ1) is 12.8. The van der Waals surface area contributed by atoms with E-state index < -0.39 is 5.60 Å². The van der Waals surface area contributed by atoms with Crippen molar-refractivity contribution in [3.05, 3.63) is 65.9 Å². The Morgan fingerprint density at radius 1 is 1.05 bits per heavy atom. The average molecular weight is 268 g/mol. The zero-order valence-corrected chi connectivity index (χ0v) is 11.5. The highest BCUT2D eigenvalue weighted by molar-refractivity contribution is 5.78. The number of methoxy groups -OCH3 is 1. The van der Waals surface area contributed by atoms with Crippen LogP contribution >= 0.6 is 0 Å². The van der Waals surface area contributed by atoms with Gasteiger partial charge < -0.3 is 14.3 Å². The van der Waals surface area contributed by atoms with Crippen molar-refractivity contribution in [3.8, 4) is 5.75 Å². The molecule has 0 saturated heterocycles. The maximum atomic E-state index is 10.9. The predicted octanol–water partition coefficient (Wildman–Crippen LogP) is 3.70. The number of aliphatic hydroxyl groups is 1. The summed E-state index contributed by atoms with van der Waals surface area (Å²) >= 11 is 0. The van der Waals surface area contributed by atoms with Gasteiger partial charge in [0.1, 0.15) is 22.7 Å². The molecule has 0 aliphatic rings. The van der Waals surface area contributed by atoms with Gasteiger partial charge in [0.15, 0.2) is 0 Å². The molecular weight excluding hydrogens is 252 g/mol. The van der Waals surface area contributed by atoms with E-state index in [0.29, 0.717) is 17.1 Å². The third-order valence-corrected chi connectivity index (χ3v) is 3.54. The molecule has 1 unspecified atom stereocenters. The Morgan fingerprint density at radius 2 is 1.75 bits per heavy atom. The number of hydrogen-bond donors (Lipinski definition) is 1. The van der Waals surface area contributed by atoms with Crippen LogP contribution in [0.15, 0.2) is 59.0 Å². The third-order valence-electron chi connectivity index (χ3n) is 3.54. The van der Waals surface area contributed by atoms with Crippen molar-refractivity contribution in [1.29, 1.82) is 0 Å². The summed E-state index contributed by atoms with van der Waals surface area (Å²) in [5.74, 6) is 1.14. The van der Waals surface area contributed by atoms with Crippen LogP contribution in [0.25, 0.3) is 11.0 Å². The van der Waals surface area contributed by atoms with Gasteiger partial charge in [0, 0.05) is 10.9 Å². The molecule has 3 aromatic rings. The van der Waals surface area contributed by atoms with Crippen LogP contribution < -0.4 is 4.74 Å². The van der Waals surface area contributed by atoms with E-state index in [0.717, 1.165) is 11.0 Å². The molecule has 0 fully saturated rings. The molecule has 0 amide bonds. The molecule has 1 aromatic heterocycles. The molecule has 3 rings (SSSR count). The fourth-order valence-corrected chi connectivity index (χ4v) is 2.40. The van der Waals surface area contributed by atoms with Crippen LogP contribution in [0.4, 0.5) is 0 Å². The van der Waals surface area contributed by atoms with Crippen LogP contribution in [-0.2, 0) is 5.60 Å². The molecule has 1 heterocycles. The standard InChI is InChI=1S/C17H16O3/c1-17(18,13-8-4-6-10-15(13)19-2)16-11-12-7-3-5-9-14(12)20-16/h3-11,18H,1-2H3. The van der Waals surface area contributed by atoms with Gasteiger partial charge in [-0.25, -0.2) is 0 Å². The Kier molecular flexibility index (Phi) is 2.99. The Balaban J connectivity index is 2.15. The fraction of sp³-hybridized carbons (Fsp3) is 0.176. The highest BCUT2D eigenvalue weighted by Gasteiger charge is 2.32. The van der Waals surface area contributed by atoms with Crippen molar-refractivity contribution in [2.75, 3.05) is 7.11 Å². The molecule has 0 aliphatic carbocycles. The molecule has 1 N–H and O–H groups in total. The van der Waals surface area contributed by atoms with Crippen LogP contribution in [0, 0.1) is 0 Å². The van der Waals surface area contributed by atoms with Crippen molar-refractivity contribution in [3.63, 3.8) is 0 Å². The quantitative estimate of drug-likeness (QED) is 0.787. The molecule has 0 bridgehead atoms. The second-order valence-electron chi connectivity index (χ2n) is 4.92. The number of ether oxygens (including phenoxy) is 1. The molecule has 20 heavy (non-hydrogen) atoms. The number of fused-ring (bicyclic) bond motifs is 1. The van der Waals surface area contributed by atoms with Crippen molar-refractivity contribution in [2.24, 2.45) is 0 Å². The summed E-state index contributed by atoms with van der Waals surface area (Å²) in [7, 11) is 1.59. The van der Waals surface area contributed by atoms with Gasteiger partial charge in [0.05, 0.1) is 7.11 Å². The van der Waals surface area contributed by atoms with Crippen molar-refractivity contribution >= 4 is 11.0 Å². The highest BCUT2D eigenvalue weighted by atomic mass is 16.5. The minimum Gasteiger partial charge on any atom is -0.496 e. The number of benzene rings is 2. The second kappa shape index (κ2) is 4.69. The first-order valence-corrected chi connectivity index (χ1v) is 6.48. The van der Waals surface area contributed by atoms with Crippen LogP contribution in [0.5, 0.6) is 5.75 Å². The number of hydrogen-bond acceptors (Lipinski definition) is 3. The van der Waals surface area contributed by atoms with Gasteiger partial charge in [0.25, 0.3) is 0 Å². The smallest absolute Gasteiger partial charge is 0.148 e. The van der Waals surface area contributed by atoms with E-state index in [9.17, 15) is 5.11 Å². The Labute approximate surface area is 117 Å². The van der Waals surface area contributed by atoms with Gasteiger partial charge in [-0.2, -0.15) is 0 Å². The SMILES string of the molecule is COc1ccccc1C(C)(O)c1cc2ccccc2o1. The topological polar surface area (TPSA) is 42.6 Å². The summed E-state index contributed by atoms with van der Waals surface area (Å²) in [6.07, 6.45) is 0. The van der Waals surface area contributed by atoms with E-state index >= 15 is 0 Å². The largest absolute Gasteiger partial charge is 0.496 e. The summed E-state index contributed by atoms with van der Waals surface area (Å²) in [6, 6.07) is 17.0. The number of rotatable bonds is 3. The summed E-state index contributed by atoms with van der Waals surface area (Å²) in [5.41, 5.74) is 0.199. The predicted molar refractivity (Wildman–Crippen MR) is 77.9 cm³/mol. The maximum Gasteiger partial charge on any atom is 0.148 e. The fourth-order valence-electron chi connectivity index (χ4n) is 2.40. The second-order valence-corrected chi connectivity index (χ2v) is 4.92. The summed E-state index contributed by atoms with van der Waals surface area (Å²) in [4.78, 5) is 0. The van der Waals surface area contributed by atoms with Crippen LogP contribution in [0.2, 0.25) is 0 Å². The van der Waals surface area contributed by atoms with Gasteiger partial charge in [-0.15, -0.1) is 0 Å². The third kappa shape index (κ3) is 1.96. The normalized spacial score (nSPS) is 14.2. The first-order valence-electron chi connectivity index (χ1n) is 6.48. The van der Waals surface area contributed by atoms with E-state index in [2.05, 4.69) is 0 Å². The van der Waals surface area contributed by atoms with Crippen LogP contribution in [0.3, 0.4) is 0 Å². The number of furan rings is 1. The lowest BCUT2D eigenvalue weighted by atomic mass is 9.92. The summed E-state index contributed by atoms with van der Waals surface area (Å²) in [6.45, 7) is 1.71. The maximum absolute atomic E-state index is 10.9. The van der Waals surface area contributed by atoms with Crippen LogP contribution in [-0.4, -0.2) is 12.2 Å². The van der Waals surface area contributed by atoms with Crippen molar-refractivity contribution < 1.29 is 14.3 Å². The lowest BCUT2D eigenvalue weighted by molar-refractivity contribution is 0.0758. The van der Waals surface area contributed by atoms with E-state index in [4.69, 9.17) is 9.15 Å². The molecule has 1 atom stereocenters. The number of para-hydroxylation sites is 2. The van der Waals surface area contributed by atoms with E-state index in [-0.39, 0.29) is 0 Å². The monoisotopic (exact) mass is 268 g/mol. The molecule has 3 heteroatoms. The Morgan fingerprint density at radius 3 is 2.50 bits per heavy atom. The summed E-state index contributed by atoms with van der Waals surface area (Å²) < 4.78 is 11.1. The molecule has 2 aromatic carbocycles. The van der Waals surface area contributed by atoms with Crippen molar-refractivity contribution in [2.45, 2.75) is 12.5 Å². The van der Waals surface area contributed by atoms with Crippen molar-refractivity contribution in [1.82, 2.24) is 0 Å². The molecule has 0 radical (unpaired) electrons. The zero-order valence-electron chi connectivity index (χ0n) is 11.5. The first-order chi connectivity index (χ1) is 9.63. The van der Waals surface area contributed by atoms with Gasteiger partial charge in [-0.05, 0) is 25.1 Å². The Hall–Kier alpha value is -2.26. The van der Waals surface area contributed by atoms with E-state index in [1.807, 2.05) is 54.6 Å². The van der Waals surface area contributed by atoms with E-state index in [1.165, 1.54) is 0 Å². The lowest BCUT2D eigenvalue weighted by Gasteiger charge is -2.23. The lowest BCUT2D eigenvalue weighted by Crippen LogP contribution is -2.22. The zero-order chi connectivity index (χ0) is 14.2.